The lowest BCUT2D eigenvalue weighted by Crippen LogP contribution is -2.57. The fourth-order valence-electron chi connectivity index (χ4n) is 7.20. The molecule has 2 aliphatic heterocycles. The number of carbonyl (C=O) groups is 3. The van der Waals surface area contributed by atoms with Crippen molar-refractivity contribution < 1.29 is 32.3 Å². The number of benzene rings is 1. The fourth-order valence-corrected chi connectivity index (χ4v) is 9.45. The maximum atomic E-state index is 14.2. The third-order valence-electron chi connectivity index (χ3n) is 11.1. The maximum absolute atomic E-state index is 14.2. The zero-order chi connectivity index (χ0) is 37.7. The Morgan fingerprint density at radius 1 is 1.13 bits per heavy atom. The van der Waals surface area contributed by atoms with Gasteiger partial charge in [-0.1, -0.05) is 32.4 Å². The third kappa shape index (κ3) is 7.21. The van der Waals surface area contributed by atoms with Crippen LogP contribution in [0, 0.1) is 12.8 Å². The Kier molecular flexibility index (Phi) is 9.94. The zero-order valence-electron chi connectivity index (χ0n) is 30.9. The molecule has 4 aliphatic rings. The first-order valence-corrected chi connectivity index (χ1v) is 20.8. The van der Waals surface area contributed by atoms with Crippen molar-refractivity contribution in [1.82, 2.24) is 30.2 Å². The molecule has 1 saturated heterocycles. The molecule has 3 N–H and O–H groups in total. The number of rotatable bonds is 8. The standard InChI is InChI=1S/C38H48N6O7S2/c1-22(2)28-21-52-34(41-28)27-18-31(26-12-13-30(50-5)23(3)32(26)40-27)51-25-17-29-33(45)42-38(35(46)43-53(48,49)37(4)14-15-37)19-24(38)11-9-7-6-8-10-16-39-36(47)44(29)20-25/h9,11-13,18,21-22,24-25,29H,6-8,10,14-17,19-20H2,1-5H3,(H,39,47)(H,42,45)(H,43,46)/b11-9-/t24-,25-,29+,38-/m1/s1. The molecule has 3 aromatic rings. The minimum absolute atomic E-state index is 0.113. The molecule has 1 aromatic carbocycles. The summed E-state index contributed by atoms with van der Waals surface area (Å²) < 4.78 is 39.8. The normalized spacial score (nSPS) is 26.4. The number of nitrogens with one attached hydrogen (secondary N) is 3. The smallest absolute Gasteiger partial charge is 0.318 e. The summed E-state index contributed by atoms with van der Waals surface area (Å²) in [5, 5.41) is 9.42. The van der Waals surface area contributed by atoms with Crippen LogP contribution in [0.1, 0.15) is 89.3 Å². The van der Waals surface area contributed by atoms with Crippen molar-refractivity contribution in [3.63, 3.8) is 0 Å². The number of pyridine rings is 1. The maximum Gasteiger partial charge on any atom is 0.318 e. The van der Waals surface area contributed by atoms with Crippen molar-refractivity contribution in [3.05, 3.63) is 47.0 Å². The number of allylic oxidation sites excluding steroid dienone is 1. The zero-order valence-corrected chi connectivity index (χ0v) is 32.5. The average Bonchev–Trinajstić information content (AvgIpc) is 3.89. The molecule has 2 aromatic heterocycles. The molecular weight excluding hydrogens is 717 g/mol. The van der Waals surface area contributed by atoms with Gasteiger partial charge in [0.1, 0.15) is 39.9 Å². The Balaban J connectivity index is 1.20. The number of urea groups is 1. The largest absolute Gasteiger partial charge is 0.496 e. The summed E-state index contributed by atoms with van der Waals surface area (Å²) in [5.74, 6) is -0.194. The number of ether oxygens (including phenoxy) is 2. The highest BCUT2D eigenvalue weighted by Crippen LogP contribution is 2.47. The van der Waals surface area contributed by atoms with E-state index in [0.29, 0.717) is 42.1 Å². The number of nitrogens with zero attached hydrogens (tertiary/aromatic N) is 3. The Morgan fingerprint density at radius 3 is 2.64 bits per heavy atom. The highest BCUT2D eigenvalue weighted by molar-refractivity contribution is 7.91. The van der Waals surface area contributed by atoms with Gasteiger partial charge < -0.3 is 25.0 Å². The summed E-state index contributed by atoms with van der Waals surface area (Å²) in [6.07, 6.45) is 8.00. The molecular formula is C38H48N6O7S2. The van der Waals surface area contributed by atoms with Crippen molar-refractivity contribution in [2.24, 2.45) is 5.92 Å². The molecule has 15 heteroatoms. The molecule has 7 rings (SSSR count). The van der Waals surface area contributed by atoms with E-state index in [1.165, 1.54) is 16.2 Å². The second-order valence-corrected chi connectivity index (χ2v) is 18.4. The van der Waals surface area contributed by atoms with Gasteiger partial charge in [0, 0.05) is 41.3 Å². The SMILES string of the molecule is COc1ccc2c(O[C@@H]3C[C@H]4C(=O)N[C@]5(C(=O)NS(=O)(=O)C6(C)CC6)C[C@H]5/C=C\CCCCCNC(=O)N4C3)cc(-c3nc(C(C)C)cs3)nc2c1C. The highest BCUT2D eigenvalue weighted by Gasteiger charge is 2.63. The van der Waals surface area contributed by atoms with Gasteiger partial charge in [0.15, 0.2) is 0 Å². The molecule has 0 spiro atoms. The lowest BCUT2D eigenvalue weighted by Gasteiger charge is -2.27. The van der Waals surface area contributed by atoms with Gasteiger partial charge in [-0.25, -0.2) is 23.2 Å². The number of hydrogen-bond donors (Lipinski definition) is 3. The molecule has 2 aliphatic carbocycles. The molecule has 4 heterocycles. The van der Waals surface area contributed by atoms with Crippen LogP contribution in [-0.2, 0) is 19.6 Å². The number of sulfonamides is 1. The summed E-state index contributed by atoms with van der Waals surface area (Å²) >= 11 is 1.50. The predicted octanol–water partition coefficient (Wildman–Crippen LogP) is 5.33. The molecule has 0 bridgehead atoms. The molecule has 4 atom stereocenters. The predicted molar refractivity (Wildman–Crippen MR) is 202 cm³/mol. The van der Waals surface area contributed by atoms with E-state index in [9.17, 15) is 22.8 Å². The summed E-state index contributed by atoms with van der Waals surface area (Å²) in [4.78, 5) is 53.0. The van der Waals surface area contributed by atoms with Gasteiger partial charge in [-0.2, -0.15) is 0 Å². The number of fused-ring (bicyclic) bond motifs is 3. The van der Waals surface area contributed by atoms with Crippen LogP contribution in [0.4, 0.5) is 4.79 Å². The van der Waals surface area contributed by atoms with Crippen LogP contribution >= 0.6 is 11.3 Å². The molecule has 0 radical (unpaired) electrons. The summed E-state index contributed by atoms with van der Waals surface area (Å²) in [6, 6.07) is 4.24. The lowest BCUT2D eigenvalue weighted by atomic mass is 10.1. The first kappa shape index (κ1) is 37.1. The van der Waals surface area contributed by atoms with Crippen molar-refractivity contribution >= 4 is 50.1 Å². The Labute approximate surface area is 314 Å². The van der Waals surface area contributed by atoms with Crippen LogP contribution in [0.3, 0.4) is 0 Å². The first-order chi connectivity index (χ1) is 25.2. The second-order valence-electron chi connectivity index (χ2n) is 15.3. The van der Waals surface area contributed by atoms with Gasteiger partial charge in [0.05, 0.1) is 29.6 Å². The minimum atomic E-state index is -3.94. The van der Waals surface area contributed by atoms with Crippen molar-refractivity contribution in [1.29, 1.82) is 0 Å². The molecule has 53 heavy (non-hydrogen) atoms. The number of aryl methyl sites for hydroxylation is 1. The van der Waals surface area contributed by atoms with Gasteiger partial charge >= 0.3 is 6.03 Å². The Hall–Kier alpha value is -4.24. The minimum Gasteiger partial charge on any atom is -0.496 e. The van der Waals surface area contributed by atoms with Crippen molar-refractivity contribution in [3.8, 4) is 22.2 Å². The van der Waals surface area contributed by atoms with Crippen molar-refractivity contribution in [2.45, 2.75) is 107 Å². The first-order valence-electron chi connectivity index (χ1n) is 18.5. The molecule has 0 unspecified atom stereocenters. The molecule has 13 nitrogen and oxygen atoms in total. The number of thiazole rings is 1. The number of hydrogen-bond acceptors (Lipinski definition) is 10. The molecule has 2 saturated carbocycles. The highest BCUT2D eigenvalue weighted by atomic mass is 32.2. The summed E-state index contributed by atoms with van der Waals surface area (Å²) in [5.41, 5.74) is 1.69. The monoisotopic (exact) mass is 764 g/mol. The van der Waals surface area contributed by atoms with E-state index in [1.54, 1.807) is 14.0 Å². The van der Waals surface area contributed by atoms with Gasteiger partial charge in [0.25, 0.3) is 5.91 Å². The lowest BCUT2D eigenvalue weighted by molar-refractivity contribution is -0.131. The van der Waals surface area contributed by atoms with Gasteiger partial charge in [-0.15, -0.1) is 11.3 Å². The van der Waals surface area contributed by atoms with Gasteiger partial charge in [-0.05, 0) is 70.4 Å². The van der Waals surface area contributed by atoms with Crippen LogP contribution in [-0.4, -0.2) is 83.8 Å². The van der Waals surface area contributed by atoms with Gasteiger partial charge in [0.2, 0.25) is 15.9 Å². The van der Waals surface area contributed by atoms with E-state index in [1.807, 2.05) is 42.7 Å². The van der Waals surface area contributed by atoms with Crippen molar-refractivity contribution in [2.75, 3.05) is 20.2 Å². The Morgan fingerprint density at radius 2 is 1.92 bits per heavy atom. The van der Waals surface area contributed by atoms with E-state index in [4.69, 9.17) is 19.4 Å². The molecule has 4 amide bonds. The fraction of sp³-hybridized carbons (Fsp3) is 0.553. The van der Waals surface area contributed by atoms with E-state index in [0.717, 1.165) is 47.3 Å². The van der Waals surface area contributed by atoms with E-state index in [2.05, 4.69) is 29.2 Å². The second kappa shape index (κ2) is 14.2. The summed E-state index contributed by atoms with van der Waals surface area (Å²) in [7, 11) is -2.33. The van der Waals surface area contributed by atoms with E-state index in [-0.39, 0.29) is 31.2 Å². The molecule has 284 valence electrons. The van der Waals surface area contributed by atoms with Crippen LogP contribution < -0.4 is 24.8 Å². The van der Waals surface area contributed by atoms with E-state index >= 15 is 0 Å². The topological polar surface area (TPSA) is 169 Å². The van der Waals surface area contributed by atoms with Crippen LogP contribution in [0.15, 0.2) is 35.7 Å². The van der Waals surface area contributed by atoms with Crippen LogP contribution in [0.25, 0.3) is 21.6 Å². The number of aromatic nitrogens is 2. The van der Waals surface area contributed by atoms with Crippen LogP contribution in [0.2, 0.25) is 0 Å². The number of methoxy groups -OCH3 is 1. The Bertz CT molecular complexity index is 2080. The quantitative estimate of drug-likeness (QED) is 0.257. The average molecular weight is 765 g/mol. The third-order valence-corrected chi connectivity index (χ3v) is 14.2. The van der Waals surface area contributed by atoms with Crippen LogP contribution in [0.5, 0.6) is 11.5 Å². The summed E-state index contributed by atoms with van der Waals surface area (Å²) in [6.45, 7) is 8.29. The van der Waals surface area contributed by atoms with Gasteiger partial charge in [-0.3, -0.25) is 14.3 Å². The molecule has 3 fully saturated rings. The number of carbonyl (C=O) groups excluding carboxylic acids is 3. The number of amides is 4. The van der Waals surface area contributed by atoms with E-state index < -0.39 is 50.3 Å².